The van der Waals surface area contributed by atoms with Crippen LogP contribution in [0.1, 0.15) is 20.9 Å². The number of hydrogen-bond acceptors (Lipinski definition) is 3. The van der Waals surface area contributed by atoms with E-state index in [9.17, 15) is 9.59 Å². The zero-order valence-electron chi connectivity index (χ0n) is 7.06. The molecule has 2 aromatic rings. The number of benzene rings is 1. The summed E-state index contributed by atoms with van der Waals surface area (Å²) in [7, 11) is 0. The Morgan fingerprint density at radius 3 is 2.71 bits per heavy atom. The molecule has 0 bridgehead atoms. The summed E-state index contributed by atoms with van der Waals surface area (Å²) in [6.07, 6.45) is 0.495. The second-order valence-corrected chi connectivity index (χ2v) is 2.76. The fraction of sp³-hybridized carbons (Fsp3) is 0. The summed E-state index contributed by atoms with van der Waals surface area (Å²) in [5.41, 5.74) is 0.500. The van der Waals surface area contributed by atoms with Gasteiger partial charge in [0.1, 0.15) is 5.58 Å². The molecule has 70 valence electrons. The van der Waals surface area contributed by atoms with Crippen LogP contribution in [0.2, 0.25) is 0 Å². The second kappa shape index (κ2) is 2.99. The molecular formula is C10H6O4. The molecule has 0 aliphatic rings. The van der Waals surface area contributed by atoms with Crippen LogP contribution in [0.5, 0.6) is 0 Å². The standard InChI is InChI=1S/C10H6O4/c11-5-7-6-3-1-2-4-8(6)14-9(7)10(12)13/h1-5H,(H,12,13). The summed E-state index contributed by atoms with van der Waals surface area (Å²) in [5, 5.41) is 9.27. The fourth-order valence-corrected chi connectivity index (χ4v) is 1.34. The topological polar surface area (TPSA) is 67.5 Å². The summed E-state index contributed by atoms with van der Waals surface area (Å²) >= 11 is 0. The van der Waals surface area contributed by atoms with E-state index >= 15 is 0 Å². The maximum Gasteiger partial charge on any atom is 0.372 e. The lowest BCUT2D eigenvalue weighted by Crippen LogP contribution is -1.97. The van der Waals surface area contributed by atoms with E-state index < -0.39 is 5.97 Å². The Kier molecular flexibility index (Phi) is 1.81. The van der Waals surface area contributed by atoms with Gasteiger partial charge in [-0.05, 0) is 6.07 Å². The van der Waals surface area contributed by atoms with Crippen molar-refractivity contribution >= 4 is 23.2 Å². The normalized spacial score (nSPS) is 10.3. The van der Waals surface area contributed by atoms with Crippen LogP contribution < -0.4 is 0 Å². The molecule has 0 amide bonds. The zero-order valence-corrected chi connectivity index (χ0v) is 7.06. The van der Waals surface area contributed by atoms with Crippen LogP contribution in [0.25, 0.3) is 11.0 Å². The molecular weight excluding hydrogens is 184 g/mol. The zero-order chi connectivity index (χ0) is 10.1. The lowest BCUT2D eigenvalue weighted by molar-refractivity contribution is 0.0661. The van der Waals surface area contributed by atoms with Crippen molar-refractivity contribution in [1.29, 1.82) is 0 Å². The maximum absolute atomic E-state index is 10.7. The van der Waals surface area contributed by atoms with E-state index in [-0.39, 0.29) is 11.3 Å². The van der Waals surface area contributed by atoms with Gasteiger partial charge in [0.2, 0.25) is 5.76 Å². The predicted octanol–water partition coefficient (Wildman–Crippen LogP) is 1.94. The predicted molar refractivity (Wildman–Crippen MR) is 48.6 cm³/mol. The molecule has 0 saturated heterocycles. The number of furan rings is 1. The highest BCUT2D eigenvalue weighted by molar-refractivity contribution is 6.05. The van der Waals surface area contributed by atoms with Crippen molar-refractivity contribution in [3.63, 3.8) is 0 Å². The third-order valence-corrected chi connectivity index (χ3v) is 1.95. The van der Waals surface area contributed by atoms with Crippen LogP contribution in [0.3, 0.4) is 0 Å². The minimum absolute atomic E-state index is 0.0908. The lowest BCUT2D eigenvalue weighted by atomic mass is 10.1. The van der Waals surface area contributed by atoms with Gasteiger partial charge in [0.25, 0.3) is 0 Å². The summed E-state index contributed by atoms with van der Waals surface area (Å²) < 4.78 is 5.02. The van der Waals surface area contributed by atoms with Crippen LogP contribution in [0.15, 0.2) is 28.7 Å². The lowest BCUT2D eigenvalue weighted by Gasteiger charge is -1.86. The smallest absolute Gasteiger partial charge is 0.372 e. The van der Waals surface area contributed by atoms with Crippen molar-refractivity contribution in [2.45, 2.75) is 0 Å². The number of rotatable bonds is 2. The number of aldehydes is 1. The SMILES string of the molecule is O=Cc1c(C(=O)O)oc2ccccc12. The quantitative estimate of drug-likeness (QED) is 0.735. The molecule has 0 atom stereocenters. The van der Waals surface area contributed by atoms with Crippen molar-refractivity contribution in [3.05, 3.63) is 35.6 Å². The minimum Gasteiger partial charge on any atom is -0.475 e. The summed E-state index contributed by atoms with van der Waals surface area (Å²) in [5.74, 6) is -1.54. The average Bonchev–Trinajstić information content (AvgIpc) is 2.56. The Balaban J connectivity index is 2.85. The largest absolute Gasteiger partial charge is 0.475 e. The highest BCUT2D eigenvalue weighted by Crippen LogP contribution is 2.23. The Morgan fingerprint density at radius 2 is 2.07 bits per heavy atom. The number of hydrogen-bond donors (Lipinski definition) is 1. The summed E-state index contributed by atoms with van der Waals surface area (Å²) in [6, 6.07) is 6.70. The number of carboxylic acids is 1. The first-order chi connectivity index (χ1) is 6.74. The number of carbonyl (C=O) groups is 2. The number of aromatic carboxylic acids is 1. The van der Waals surface area contributed by atoms with E-state index in [2.05, 4.69) is 0 Å². The Bertz CT molecular complexity index is 510. The molecule has 4 nitrogen and oxygen atoms in total. The summed E-state index contributed by atoms with van der Waals surface area (Å²) in [6.45, 7) is 0. The van der Waals surface area contributed by atoms with E-state index in [0.717, 1.165) is 0 Å². The number of carboxylic acid groups (broad SMARTS) is 1. The van der Waals surface area contributed by atoms with Gasteiger partial charge < -0.3 is 9.52 Å². The minimum atomic E-state index is -1.23. The van der Waals surface area contributed by atoms with Gasteiger partial charge in [-0.1, -0.05) is 18.2 Å². The molecule has 0 unspecified atom stereocenters. The van der Waals surface area contributed by atoms with Crippen LogP contribution in [0, 0.1) is 0 Å². The molecule has 0 radical (unpaired) electrons. The fourth-order valence-electron chi connectivity index (χ4n) is 1.34. The van der Waals surface area contributed by atoms with E-state index in [1.807, 2.05) is 0 Å². The van der Waals surface area contributed by atoms with Gasteiger partial charge in [-0.2, -0.15) is 0 Å². The molecule has 1 aromatic heterocycles. The van der Waals surface area contributed by atoms with E-state index in [4.69, 9.17) is 9.52 Å². The molecule has 0 aliphatic heterocycles. The third-order valence-electron chi connectivity index (χ3n) is 1.95. The molecule has 0 spiro atoms. The molecule has 1 N–H and O–H groups in total. The van der Waals surface area contributed by atoms with Gasteiger partial charge in [-0.3, -0.25) is 4.79 Å². The first kappa shape index (κ1) is 8.50. The molecule has 4 heteroatoms. The van der Waals surface area contributed by atoms with Gasteiger partial charge in [-0.15, -0.1) is 0 Å². The highest BCUT2D eigenvalue weighted by atomic mass is 16.4. The molecule has 0 saturated carbocycles. The number of fused-ring (bicyclic) bond motifs is 1. The van der Waals surface area contributed by atoms with Crippen LogP contribution in [-0.4, -0.2) is 17.4 Å². The van der Waals surface area contributed by atoms with Crippen LogP contribution >= 0.6 is 0 Å². The highest BCUT2D eigenvalue weighted by Gasteiger charge is 2.18. The van der Waals surface area contributed by atoms with Crippen LogP contribution in [-0.2, 0) is 0 Å². The number of carbonyl (C=O) groups excluding carboxylic acids is 1. The summed E-state index contributed by atoms with van der Waals surface area (Å²) in [4.78, 5) is 21.4. The van der Waals surface area contributed by atoms with Crippen LogP contribution in [0.4, 0.5) is 0 Å². The molecule has 1 aromatic carbocycles. The molecule has 14 heavy (non-hydrogen) atoms. The van der Waals surface area contributed by atoms with Crippen molar-refractivity contribution < 1.29 is 19.1 Å². The van der Waals surface area contributed by atoms with Crippen molar-refractivity contribution in [1.82, 2.24) is 0 Å². The Hall–Kier alpha value is -2.10. The monoisotopic (exact) mass is 190 g/mol. The first-order valence-corrected chi connectivity index (χ1v) is 3.94. The molecule has 0 aliphatic carbocycles. The Labute approximate surface area is 78.8 Å². The molecule has 0 fully saturated rings. The van der Waals surface area contributed by atoms with Gasteiger partial charge in [-0.25, -0.2) is 4.79 Å². The second-order valence-electron chi connectivity index (χ2n) is 2.76. The van der Waals surface area contributed by atoms with E-state index in [0.29, 0.717) is 17.3 Å². The van der Waals surface area contributed by atoms with Crippen molar-refractivity contribution in [2.75, 3.05) is 0 Å². The van der Waals surface area contributed by atoms with Gasteiger partial charge in [0.05, 0.1) is 5.56 Å². The third kappa shape index (κ3) is 1.08. The molecule has 1 heterocycles. The average molecular weight is 190 g/mol. The number of para-hydroxylation sites is 1. The molecule has 2 rings (SSSR count). The maximum atomic E-state index is 10.7. The van der Waals surface area contributed by atoms with Gasteiger partial charge in [0.15, 0.2) is 6.29 Å². The van der Waals surface area contributed by atoms with Crippen molar-refractivity contribution in [3.8, 4) is 0 Å². The van der Waals surface area contributed by atoms with Gasteiger partial charge in [0, 0.05) is 5.39 Å². The van der Waals surface area contributed by atoms with E-state index in [1.54, 1.807) is 24.3 Å². The van der Waals surface area contributed by atoms with E-state index in [1.165, 1.54) is 0 Å². The first-order valence-electron chi connectivity index (χ1n) is 3.94. The van der Waals surface area contributed by atoms with Crippen molar-refractivity contribution in [2.24, 2.45) is 0 Å². The van der Waals surface area contributed by atoms with Gasteiger partial charge >= 0.3 is 5.97 Å². The Morgan fingerprint density at radius 1 is 1.36 bits per heavy atom.